The van der Waals surface area contributed by atoms with Crippen LogP contribution in [0.4, 0.5) is 10.5 Å². The van der Waals surface area contributed by atoms with Crippen LogP contribution in [0.2, 0.25) is 0 Å². The van der Waals surface area contributed by atoms with Crippen molar-refractivity contribution in [3.63, 3.8) is 0 Å². The number of hydrogen-bond donors (Lipinski definition) is 0. The average Bonchev–Trinajstić information content (AvgIpc) is 3.26. The number of carbonyl (C=O) groups excluding carboxylic acids is 2. The normalized spacial score (nSPS) is 21.9. The molecule has 11 nitrogen and oxygen atoms in total. The van der Waals surface area contributed by atoms with Crippen LogP contribution in [0.3, 0.4) is 0 Å². The van der Waals surface area contributed by atoms with Gasteiger partial charge in [-0.05, 0) is 53.0 Å². The molecule has 2 aliphatic heterocycles. The SMILES string of the molecule is CCc1c(N2CCN(C(=O)OC(C)(C)C)[C@H]3CC[C@@H]32)c(=O)c2nn(C3=CCOCC3)nc2n1CC(C)=O. The van der Waals surface area contributed by atoms with Crippen LogP contribution in [-0.2, 0) is 27.2 Å². The topological polar surface area (TPSA) is 112 Å². The highest BCUT2D eigenvalue weighted by Gasteiger charge is 2.47. The Morgan fingerprint density at radius 1 is 1.16 bits per heavy atom. The average molecular weight is 513 g/mol. The maximum atomic E-state index is 14.0. The minimum absolute atomic E-state index is 0.00995. The molecule has 1 saturated carbocycles. The van der Waals surface area contributed by atoms with Crippen LogP contribution < -0.4 is 10.3 Å². The van der Waals surface area contributed by atoms with Crippen molar-refractivity contribution in [2.75, 3.05) is 31.2 Å². The summed E-state index contributed by atoms with van der Waals surface area (Å²) in [7, 11) is 0. The molecule has 2 fully saturated rings. The molecule has 1 saturated heterocycles. The summed E-state index contributed by atoms with van der Waals surface area (Å²) < 4.78 is 12.9. The van der Waals surface area contributed by atoms with Crippen LogP contribution in [0.5, 0.6) is 0 Å². The molecule has 4 heterocycles. The number of carbonyl (C=O) groups is 2. The molecule has 200 valence electrons. The van der Waals surface area contributed by atoms with E-state index in [0.29, 0.717) is 50.5 Å². The second kappa shape index (κ2) is 9.59. The van der Waals surface area contributed by atoms with Crippen molar-refractivity contribution < 1.29 is 19.1 Å². The van der Waals surface area contributed by atoms with Gasteiger partial charge in [0.25, 0.3) is 0 Å². The lowest BCUT2D eigenvalue weighted by Gasteiger charge is -2.54. The maximum absolute atomic E-state index is 14.0. The van der Waals surface area contributed by atoms with E-state index in [1.807, 2.05) is 43.2 Å². The van der Waals surface area contributed by atoms with Crippen LogP contribution >= 0.6 is 0 Å². The minimum atomic E-state index is -0.569. The summed E-state index contributed by atoms with van der Waals surface area (Å²) in [5, 5.41) is 9.27. The minimum Gasteiger partial charge on any atom is -0.444 e. The number of Topliss-reactive ketones (excluding diaryl/α,β-unsaturated/α-hetero) is 1. The molecule has 2 aromatic heterocycles. The predicted molar refractivity (Wildman–Crippen MR) is 139 cm³/mol. The number of ether oxygens (including phenoxy) is 2. The number of amides is 1. The van der Waals surface area contributed by atoms with Crippen LogP contribution in [0, 0.1) is 0 Å². The first-order valence-corrected chi connectivity index (χ1v) is 13.1. The largest absolute Gasteiger partial charge is 0.444 e. The predicted octanol–water partition coefficient (Wildman–Crippen LogP) is 2.59. The number of aromatic nitrogens is 4. The Bertz CT molecular complexity index is 1320. The lowest BCUT2D eigenvalue weighted by Crippen LogP contribution is -2.67. The Balaban J connectivity index is 1.58. The summed E-state index contributed by atoms with van der Waals surface area (Å²) in [6, 6.07) is -0.0107. The van der Waals surface area contributed by atoms with E-state index in [1.165, 1.54) is 11.7 Å². The first-order chi connectivity index (χ1) is 17.6. The first-order valence-electron chi connectivity index (χ1n) is 13.1. The molecule has 0 radical (unpaired) electrons. The molecule has 2 aromatic rings. The Morgan fingerprint density at radius 3 is 2.51 bits per heavy atom. The van der Waals surface area contributed by atoms with E-state index in [2.05, 4.69) is 15.1 Å². The lowest BCUT2D eigenvalue weighted by molar-refractivity contribution is -0.117. The van der Waals surface area contributed by atoms with E-state index < -0.39 is 5.60 Å². The van der Waals surface area contributed by atoms with Gasteiger partial charge in [0.05, 0.1) is 31.5 Å². The Morgan fingerprint density at radius 2 is 1.92 bits per heavy atom. The lowest BCUT2D eigenvalue weighted by atomic mass is 9.81. The van der Waals surface area contributed by atoms with Crippen LogP contribution in [0.15, 0.2) is 10.9 Å². The third-order valence-electron chi connectivity index (χ3n) is 7.29. The number of anilines is 1. The number of ketones is 1. The number of piperazine rings is 1. The van der Waals surface area contributed by atoms with E-state index in [-0.39, 0.29) is 41.5 Å². The number of rotatable bonds is 5. The standard InChI is InChI=1S/C26H36N6O5/c1-6-18-22(29-11-12-30(20-8-7-19(20)29)25(35)37-26(3,4)5)23(34)21-24(31(18)15-16(2)33)28-32(27-21)17-9-13-36-14-10-17/h9,19-20H,6-8,10-15H2,1-5H3/t19-,20-/m0/s1. The van der Waals surface area contributed by atoms with Crippen molar-refractivity contribution in [2.24, 2.45) is 0 Å². The summed E-state index contributed by atoms with van der Waals surface area (Å²) in [4.78, 5) is 44.7. The van der Waals surface area contributed by atoms with Crippen molar-refractivity contribution >= 4 is 34.4 Å². The van der Waals surface area contributed by atoms with E-state index in [9.17, 15) is 14.4 Å². The van der Waals surface area contributed by atoms with E-state index in [1.54, 1.807) is 0 Å². The quantitative estimate of drug-likeness (QED) is 0.601. The van der Waals surface area contributed by atoms with Crippen molar-refractivity contribution in [3.05, 3.63) is 22.0 Å². The number of fused-ring (bicyclic) bond motifs is 2. The second-order valence-corrected chi connectivity index (χ2v) is 11.0. The van der Waals surface area contributed by atoms with Gasteiger partial charge in [0.2, 0.25) is 5.43 Å². The molecular formula is C26H36N6O5. The van der Waals surface area contributed by atoms with Crippen LogP contribution in [0.25, 0.3) is 16.9 Å². The van der Waals surface area contributed by atoms with Gasteiger partial charge in [0.1, 0.15) is 17.1 Å². The number of hydrogen-bond acceptors (Lipinski definition) is 8. The summed E-state index contributed by atoms with van der Waals surface area (Å²) >= 11 is 0. The van der Waals surface area contributed by atoms with Gasteiger partial charge in [-0.3, -0.25) is 9.59 Å². The van der Waals surface area contributed by atoms with Crippen molar-refractivity contribution in [1.29, 1.82) is 0 Å². The van der Waals surface area contributed by atoms with Gasteiger partial charge in [-0.2, -0.15) is 4.80 Å². The van der Waals surface area contributed by atoms with E-state index >= 15 is 0 Å². The molecule has 0 spiro atoms. The smallest absolute Gasteiger partial charge is 0.410 e. The molecule has 1 aliphatic carbocycles. The van der Waals surface area contributed by atoms with E-state index in [4.69, 9.17) is 9.47 Å². The number of pyridine rings is 1. The molecule has 2 atom stereocenters. The highest BCUT2D eigenvalue weighted by Crippen LogP contribution is 2.38. The Hall–Kier alpha value is -3.21. The monoisotopic (exact) mass is 512 g/mol. The molecule has 0 bridgehead atoms. The molecular weight excluding hydrogens is 476 g/mol. The summed E-state index contributed by atoms with van der Waals surface area (Å²) in [6.07, 6.45) is 4.54. The van der Waals surface area contributed by atoms with Crippen molar-refractivity contribution in [3.8, 4) is 0 Å². The molecule has 0 aromatic carbocycles. The zero-order valence-corrected chi connectivity index (χ0v) is 22.3. The fourth-order valence-corrected chi connectivity index (χ4v) is 5.57. The van der Waals surface area contributed by atoms with Gasteiger partial charge in [-0.15, -0.1) is 10.2 Å². The number of nitrogens with zero attached hydrogens (tertiary/aromatic N) is 6. The fraction of sp³-hybridized carbons (Fsp3) is 0.654. The Labute approximate surface area is 216 Å². The zero-order chi connectivity index (χ0) is 26.5. The van der Waals surface area contributed by atoms with Crippen molar-refractivity contribution in [1.82, 2.24) is 24.5 Å². The van der Waals surface area contributed by atoms with Gasteiger partial charge in [-0.25, -0.2) is 4.79 Å². The highest BCUT2D eigenvalue weighted by molar-refractivity contribution is 5.82. The van der Waals surface area contributed by atoms with Gasteiger partial charge < -0.3 is 23.8 Å². The van der Waals surface area contributed by atoms with Gasteiger partial charge in [-0.1, -0.05) is 6.92 Å². The summed E-state index contributed by atoms with van der Waals surface area (Å²) in [5.41, 5.74) is 2.15. The van der Waals surface area contributed by atoms with Gasteiger partial charge in [0, 0.05) is 31.2 Å². The molecule has 0 unspecified atom stereocenters. The van der Waals surface area contributed by atoms with Crippen LogP contribution in [0.1, 0.15) is 59.6 Å². The van der Waals surface area contributed by atoms with Gasteiger partial charge in [0.15, 0.2) is 11.2 Å². The van der Waals surface area contributed by atoms with E-state index in [0.717, 1.165) is 24.2 Å². The van der Waals surface area contributed by atoms with Gasteiger partial charge >= 0.3 is 6.09 Å². The molecule has 11 heteroatoms. The molecule has 0 N–H and O–H groups in total. The summed E-state index contributed by atoms with van der Waals surface area (Å²) in [6.45, 7) is 11.2. The first kappa shape index (κ1) is 25.4. The molecule has 3 aliphatic rings. The van der Waals surface area contributed by atoms with Crippen molar-refractivity contribution in [2.45, 2.75) is 84.5 Å². The third-order valence-corrected chi connectivity index (χ3v) is 7.29. The molecule has 5 rings (SSSR count). The molecule has 1 amide bonds. The fourth-order valence-electron chi connectivity index (χ4n) is 5.57. The summed E-state index contributed by atoms with van der Waals surface area (Å²) in [5.74, 6) is -0.0262. The zero-order valence-electron chi connectivity index (χ0n) is 22.3. The molecule has 37 heavy (non-hydrogen) atoms. The maximum Gasteiger partial charge on any atom is 0.410 e. The third kappa shape index (κ3) is 4.65. The Kier molecular flexibility index (Phi) is 6.59. The highest BCUT2D eigenvalue weighted by atomic mass is 16.6. The van der Waals surface area contributed by atoms with Crippen LogP contribution in [-0.4, -0.2) is 80.3 Å². The second-order valence-electron chi connectivity index (χ2n) is 11.0.